The molecule has 0 fully saturated rings. The number of rotatable bonds is 0. The van der Waals surface area contributed by atoms with Gasteiger partial charge in [-0.1, -0.05) is 27.5 Å². The molecule has 13 heavy (non-hydrogen) atoms. The van der Waals surface area contributed by atoms with Crippen molar-refractivity contribution in [2.45, 2.75) is 0 Å². The summed E-state index contributed by atoms with van der Waals surface area (Å²) >= 11 is 9.15. The summed E-state index contributed by atoms with van der Waals surface area (Å²) in [7, 11) is 0. The van der Waals surface area contributed by atoms with Crippen molar-refractivity contribution in [1.82, 2.24) is 4.98 Å². The first-order chi connectivity index (χ1) is 6.18. The minimum absolute atomic E-state index is 0.432. The molecule has 2 rings (SSSR count). The zero-order valence-electron chi connectivity index (χ0n) is 6.39. The lowest BCUT2D eigenvalue weighted by Crippen LogP contribution is -1.84. The first-order valence-corrected chi connectivity index (χ1v) is 4.75. The second kappa shape index (κ2) is 3.24. The van der Waals surface area contributed by atoms with Gasteiger partial charge in [0.1, 0.15) is 0 Å². The van der Waals surface area contributed by atoms with E-state index in [0.29, 0.717) is 15.8 Å². The Balaban J connectivity index is 2.94. The van der Waals surface area contributed by atoms with Crippen molar-refractivity contribution in [2.75, 3.05) is 0 Å². The SMILES string of the molecule is Fc1nccc2c(Cl)cc(Br)cc12. The highest BCUT2D eigenvalue weighted by atomic mass is 79.9. The van der Waals surface area contributed by atoms with Crippen molar-refractivity contribution in [3.63, 3.8) is 0 Å². The number of hydrogen-bond acceptors (Lipinski definition) is 1. The quantitative estimate of drug-likeness (QED) is 0.657. The van der Waals surface area contributed by atoms with Crippen LogP contribution in [0.4, 0.5) is 4.39 Å². The number of halogens is 3. The summed E-state index contributed by atoms with van der Waals surface area (Å²) in [6, 6.07) is 5.07. The number of pyridine rings is 1. The summed E-state index contributed by atoms with van der Waals surface area (Å²) in [5.74, 6) is -0.499. The van der Waals surface area contributed by atoms with E-state index in [2.05, 4.69) is 20.9 Å². The standard InChI is InChI=1S/C9H4BrClFN/c10-5-3-7-6(8(11)4-5)1-2-13-9(7)12/h1-4H. The second-order valence-electron chi connectivity index (χ2n) is 2.58. The molecule has 66 valence electrons. The van der Waals surface area contributed by atoms with Crippen LogP contribution >= 0.6 is 27.5 Å². The van der Waals surface area contributed by atoms with Gasteiger partial charge in [0.2, 0.25) is 5.95 Å². The number of hydrogen-bond donors (Lipinski definition) is 0. The van der Waals surface area contributed by atoms with Crippen LogP contribution in [0.5, 0.6) is 0 Å². The van der Waals surface area contributed by atoms with Crippen LogP contribution in [0.2, 0.25) is 5.02 Å². The van der Waals surface area contributed by atoms with Gasteiger partial charge in [0.05, 0.1) is 0 Å². The van der Waals surface area contributed by atoms with Crippen molar-refractivity contribution >= 4 is 38.3 Å². The minimum Gasteiger partial charge on any atom is -0.228 e. The van der Waals surface area contributed by atoms with E-state index in [0.717, 1.165) is 4.47 Å². The molecule has 0 amide bonds. The van der Waals surface area contributed by atoms with E-state index in [9.17, 15) is 4.39 Å². The maximum atomic E-state index is 13.2. The fourth-order valence-electron chi connectivity index (χ4n) is 1.17. The molecule has 1 heterocycles. The summed E-state index contributed by atoms with van der Waals surface area (Å²) in [5, 5.41) is 1.63. The number of nitrogens with zero attached hydrogens (tertiary/aromatic N) is 1. The van der Waals surface area contributed by atoms with Gasteiger partial charge in [-0.05, 0) is 18.2 Å². The van der Waals surface area contributed by atoms with E-state index < -0.39 is 5.95 Å². The monoisotopic (exact) mass is 259 g/mol. The van der Waals surface area contributed by atoms with Crippen LogP contribution in [0.15, 0.2) is 28.9 Å². The van der Waals surface area contributed by atoms with Crippen LogP contribution < -0.4 is 0 Å². The van der Waals surface area contributed by atoms with Gasteiger partial charge in [-0.2, -0.15) is 4.39 Å². The summed E-state index contributed by atoms with van der Waals surface area (Å²) < 4.78 is 13.9. The van der Waals surface area contributed by atoms with E-state index >= 15 is 0 Å². The van der Waals surface area contributed by atoms with Crippen LogP contribution in [0.1, 0.15) is 0 Å². The summed E-state index contributed by atoms with van der Waals surface area (Å²) in [6.45, 7) is 0. The Morgan fingerprint density at radius 1 is 1.31 bits per heavy atom. The molecule has 0 aliphatic rings. The summed E-state index contributed by atoms with van der Waals surface area (Å²) in [6.07, 6.45) is 1.40. The van der Waals surface area contributed by atoms with Gasteiger partial charge in [0.15, 0.2) is 0 Å². The van der Waals surface area contributed by atoms with Gasteiger partial charge in [-0.15, -0.1) is 0 Å². The van der Waals surface area contributed by atoms with E-state index in [1.807, 2.05) is 0 Å². The molecule has 0 N–H and O–H groups in total. The van der Waals surface area contributed by atoms with Crippen LogP contribution in [-0.4, -0.2) is 4.98 Å². The van der Waals surface area contributed by atoms with E-state index in [4.69, 9.17) is 11.6 Å². The molecule has 4 heteroatoms. The Hall–Kier alpha value is -0.670. The molecule has 0 saturated heterocycles. The topological polar surface area (TPSA) is 12.9 Å². The fourth-order valence-corrected chi connectivity index (χ4v) is 2.04. The number of benzene rings is 1. The lowest BCUT2D eigenvalue weighted by Gasteiger charge is -2.01. The van der Waals surface area contributed by atoms with Gasteiger partial charge in [-0.25, -0.2) is 4.98 Å². The second-order valence-corrected chi connectivity index (χ2v) is 3.91. The molecular formula is C9H4BrClFN. The lowest BCUT2D eigenvalue weighted by molar-refractivity contribution is 0.597. The minimum atomic E-state index is -0.499. The molecule has 0 spiro atoms. The third kappa shape index (κ3) is 1.54. The third-order valence-electron chi connectivity index (χ3n) is 1.75. The molecule has 1 aromatic heterocycles. The molecular weight excluding hydrogens is 256 g/mol. The Morgan fingerprint density at radius 2 is 2.08 bits per heavy atom. The smallest absolute Gasteiger partial charge is 0.220 e. The van der Waals surface area contributed by atoms with Crippen molar-refractivity contribution in [2.24, 2.45) is 0 Å². The highest BCUT2D eigenvalue weighted by molar-refractivity contribution is 9.10. The van der Waals surface area contributed by atoms with Gasteiger partial charge < -0.3 is 0 Å². The Labute approximate surface area is 87.7 Å². The average molecular weight is 260 g/mol. The van der Waals surface area contributed by atoms with Crippen LogP contribution in [0.25, 0.3) is 10.8 Å². The average Bonchev–Trinajstić information content (AvgIpc) is 2.07. The predicted octanol–water partition coefficient (Wildman–Crippen LogP) is 3.79. The molecule has 0 unspecified atom stereocenters. The van der Waals surface area contributed by atoms with E-state index in [-0.39, 0.29) is 0 Å². The highest BCUT2D eigenvalue weighted by Crippen LogP contribution is 2.28. The van der Waals surface area contributed by atoms with E-state index in [1.54, 1.807) is 18.2 Å². The van der Waals surface area contributed by atoms with Gasteiger partial charge in [0.25, 0.3) is 0 Å². The van der Waals surface area contributed by atoms with Crippen molar-refractivity contribution < 1.29 is 4.39 Å². The number of fused-ring (bicyclic) bond motifs is 1. The molecule has 1 aromatic carbocycles. The zero-order chi connectivity index (χ0) is 9.42. The van der Waals surface area contributed by atoms with Crippen LogP contribution in [0.3, 0.4) is 0 Å². The molecule has 0 radical (unpaired) electrons. The number of aromatic nitrogens is 1. The predicted molar refractivity (Wildman–Crippen MR) is 54.4 cm³/mol. The maximum Gasteiger partial charge on any atom is 0.220 e. The van der Waals surface area contributed by atoms with Gasteiger partial charge in [0, 0.05) is 26.5 Å². The summed E-state index contributed by atoms with van der Waals surface area (Å²) in [5.41, 5.74) is 0. The Kier molecular flexibility index (Phi) is 2.22. The normalized spacial score (nSPS) is 10.7. The van der Waals surface area contributed by atoms with Gasteiger partial charge in [-0.3, -0.25) is 0 Å². The Morgan fingerprint density at radius 3 is 2.85 bits per heavy atom. The highest BCUT2D eigenvalue weighted by Gasteiger charge is 2.05. The fraction of sp³-hybridized carbons (Fsp3) is 0. The van der Waals surface area contributed by atoms with Crippen LogP contribution in [0, 0.1) is 5.95 Å². The lowest BCUT2D eigenvalue weighted by atomic mass is 10.2. The van der Waals surface area contributed by atoms with Gasteiger partial charge >= 0.3 is 0 Å². The largest absolute Gasteiger partial charge is 0.228 e. The molecule has 0 saturated carbocycles. The first kappa shape index (κ1) is 8.91. The van der Waals surface area contributed by atoms with Crippen molar-refractivity contribution in [3.05, 3.63) is 39.8 Å². The van der Waals surface area contributed by atoms with E-state index in [1.165, 1.54) is 6.20 Å². The molecule has 0 atom stereocenters. The van der Waals surface area contributed by atoms with Crippen LogP contribution in [-0.2, 0) is 0 Å². The molecule has 0 bridgehead atoms. The molecule has 2 aromatic rings. The molecule has 0 aliphatic carbocycles. The van der Waals surface area contributed by atoms with Crippen molar-refractivity contribution in [1.29, 1.82) is 0 Å². The molecule has 0 aliphatic heterocycles. The summed E-state index contributed by atoms with van der Waals surface area (Å²) in [4.78, 5) is 3.54. The molecule has 1 nitrogen and oxygen atoms in total. The maximum absolute atomic E-state index is 13.2. The first-order valence-electron chi connectivity index (χ1n) is 3.58. The zero-order valence-corrected chi connectivity index (χ0v) is 8.73. The Bertz CT molecular complexity index is 472. The third-order valence-corrected chi connectivity index (χ3v) is 2.52. The van der Waals surface area contributed by atoms with Crippen molar-refractivity contribution in [3.8, 4) is 0 Å².